The number of hydrogen-bond acceptors (Lipinski definition) is 10. The number of H-pyrrole nitrogens is 2. The Morgan fingerprint density at radius 1 is 0.196 bits per heavy atom. The van der Waals surface area contributed by atoms with Crippen LogP contribution in [0, 0.1) is 94.7 Å². The van der Waals surface area contributed by atoms with Crippen molar-refractivity contribution in [2.75, 3.05) is 52.9 Å². The molecule has 8 unspecified atom stereocenters. The van der Waals surface area contributed by atoms with Gasteiger partial charge in [-0.25, -0.2) is 9.97 Å². The standard InChI is InChI=1S/C100H174N4O8/c1-69(2)33-25-41-77(17)49-57-105-93-85-65-87-95(107-59-51-79(19)43-27-35-71(5)6)97(109-61-53-81(21)45-29-37-73(9)10)89(102-87)67-91-99(111-63-55-83(23)47-31-39-75(13)14)100(112-64-56-84(24)48-32-40-76(15)16)92(104-91)68-90-98(110-62-54-82(22)46-30-38-74(11)12)96(108-60-52-80(20)44-28-36-72(7)8)88(103-90)66-86(101-85)94(93)106-58-50-78(18)42-26-34-70(3)4/h65-84,101-102H,25-64H2,1-24H3. The first-order valence-electron chi connectivity index (χ1n) is 46.8. The van der Waals surface area contributed by atoms with Gasteiger partial charge in [0.25, 0.3) is 0 Å². The molecule has 642 valence electrons. The molecule has 0 saturated carbocycles. The molecule has 0 radical (unpaired) electrons. The van der Waals surface area contributed by atoms with Crippen LogP contribution in [0.15, 0.2) is 24.3 Å². The summed E-state index contributed by atoms with van der Waals surface area (Å²) in [6.45, 7) is 60.4. The SMILES string of the molecule is CC(C)CCCC(C)CCOC1=C(OCCC(C)CCCC(C)C)c2cc3[nH]c(cc4[nH]c(cc5nc(cc1n2)C(OCCC(C)CCCC(C)C)=C5OCCC(C)CCCC(C)C)c(OCCC(C)CCCC(C)C)c4OCCC(C)CCCC(C)C)c(OCCC(C)CCCC(C)C)c3OCCC(C)CCCC(C)C. The first kappa shape index (κ1) is 97.6. The highest BCUT2D eigenvalue weighted by atomic mass is 16.5. The second kappa shape index (κ2) is 54.1. The summed E-state index contributed by atoms with van der Waals surface area (Å²) in [4.78, 5) is 19.5. The lowest BCUT2D eigenvalue weighted by Gasteiger charge is -2.17. The summed E-state index contributed by atoms with van der Waals surface area (Å²) in [5, 5.41) is 0. The van der Waals surface area contributed by atoms with Crippen LogP contribution in [0.1, 0.15) is 394 Å². The molecule has 8 atom stereocenters. The molecule has 8 bridgehead atoms. The average Bonchev–Trinajstić information content (AvgIpc) is 1.61. The topological polar surface area (TPSA) is 131 Å². The highest BCUT2D eigenvalue weighted by Gasteiger charge is 2.31. The van der Waals surface area contributed by atoms with Gasteiger partial charge in [0, 0.05) is 0 Å². The maximum atomic E-state index is 7.36. The van der Waals surface area contributed by atoms with Gasteiger partial charge in [-0.2, -0.15) is 0 Å². The molecule has 0 aliphatic carbocycles. The fourth-order valence-electron chi connectivity index (χ4n) is 15.5. The predicted octanol–water partition coefficient (Wildman–Crippen LogP) is 30.4. The van der Waals surface area contributed by atoms with Gasteiger partial charge >= 0.3 is 0 Å². The highest BCUT2D eigenvalue weighted by molar-refractivity contribution is 5.92. The summed E-state index contributed by atoms with van der Waals surface area (Å²) in [5.74, 6) is 14.3. The summed E-state index contributed by atoms with van der Waals surface area (Å²) >= 11 is 0. The van der Waals surface area contributed by atoms with E-state index in [1.54, 1.807) is 0 Å². The maximum Gasteiger partial charge on any atom is 0.189 e. The van der Waals surface area contributed by atoms with E-state index in [2.05, 4.69) is 200 Å². The number of aromatic nitrogens is 4. The van der Waals surface area contributed by atoms with E-state index in [9.17, 15) is 0 Å². The number of fused-ring (bicyclic) bond motifs is 8. The Morgan fingerprint density at radius 3 is 0.536 bits per heavy atom. The normalized spacial score (nSPS) is 15.1. The molecule has 5 rings (SSSR count). The largest absolute Gasteiger partial charge is 0.488 e. The lowest BCUT2D eigenvalue weighted by atomic mass is 9.97. The van der Waals surface area contributed by atoms with E-state index < -0.39 is 0 Å². The van der Waals surface area contributed by atoms with Crippen LogP contribution in [0.3, 0.4) is 0 Å². The molecule has 2 aliphatic rings. The Kier molecular flexibility index (Phi) is 47.1. The number of ether oxygens (including phenoxy) is 8. The van der Waals surface area contributed by atoms with Crippen LogP contribution >= 0.6 is 0 Å². The van der Waals surface area contributed by atoms with Crippen LogP contribution < -0.4 is 18.9 Å². The van der Waals surface area contributed by atoms with Gasteiger partial charge in [-0.3, -0.25) is 0 Å². The Labute approximate surface area is 688 Å². The molecule has 2 N–H and O–H groups in total. The van der Waals surface area contributed by atoms with Crippen LogP contribution in [0.25, 0.3) is 45.1 Å². The molecule has 5 heterocycles. The van der Waals surface area contributed by atoms with Crippen molar-refractivity contribution in [3.05, 3.63) is 47.0 Å². The van der Waals surface area contributed by atoms with Crippen molar-refractivity contribution < 1.29 is 37.9 Å². The van der Waals surface area contributed by atoms with Gasteiger partial charge in [0.2, 0.25) is 0 Å². The van der Waals surface area contributed by atoms with Crippen molar-refractivity contribution in [1.82, 2.24) is 19.9 Å². The summed E-state index contributed by atoms with van der Waals surface area (Å²) in [7, 11) is 0. The summed E-state index contributed by atoms with van der Waals surface area (Å²) in [6.07, 6.45) is 35.8. The van der Waals surface area contributed by atoms with Crippen LogP contribution in [0.2, 0.25) is 0 Å². The fraction of sp³-hybridized carbons (Fsp3) is 0.800. The zero-order valence-electron chi connectivity index (χ0n) is 77.0. The van der Waals surface area contributed by atoms with Crippen molar-refractivity contribution in [2.24, 2.45) is 94.7 Å². The van der Waals surface area contributed by atoms with Gasteiger partial charge in [0.15, 0.2) is 46.0 Å². The minimum Gasteiger partial charge on any atom is -0.488 e. The molecule has 3 aromatic rings. The molecular formula is C100H174N4O8. The third kappa shape index (κ3) is 38.8. The zero-order chi connectivity index (χ0) is 82.1. The number of nitrogens with one attached hydrogen (secondary N) is 2. The molecule has 2 aliphatic heterocycles. The van der Waals surface area contributed by atoms with Crippen molar-refractivity contribution in [1.29, 1.82) is 0 Å². The molecule has 3 aromatic heterocycles. The summed E-state index contributed by atoms with van der Waals surface area (Å²) < 4.78 is 58.8. The van der Waals surface area contributed by atoms with Crippen LogP contribution in [-0.2, 0) is 18.9 Å². The van der Waals surface area contributed by atoms with E-state index in [0.717, 1.165) is 125 Å². The van der Waals surface area contributed by atoms with Gasteiger partial charge in [-0.05, 0) is 170 Å². The van der Waals surface area contributed by atoms with E-state index >= 15 is 0 Å². The highest BCUT2D eigenvalue weighted by Crippen LogP contribution is 2.45. The maximum absolute atomic E-state index is 7.36. The molecule has 12 heteroatoms. The number of rotatable bonds is 64. The van der Waals surface area contributed by atoms with Gasteiger partial charge < -0.3 is 47.9 Å². The Morgan fingerprint density at radius 2 is 0.357 bits per heavy atom. The van der Waals surface area contributed by atoms with Gasteiger partial charge in [0.05, 0.1) is 74.9 Å². The molecule has 0 fully saturated rings. The van der Waals surface area contributed by atoms with E-state index in [1.807, 2.05) is 0 Å². The van der Waals surface area contributed by atoms with E-state index in [-0.39, 0.29) is 0 Å². The van der Waals surface area contributed by atoms with Crippen LogP contribution in [-0.4, -0.2) is 72.8 Å². The Hall–Kier alpha value is -5.00. The van der Waals surface area contributed by atoms with Gasteiger partial charge in [0.1, 0.15) is 22.8 Å². The second-order valence-corrected chi connectivity index (χ2v) is 39.4. The van der Waals surface area contributed by atoms with Crippen molar-refractivity contribution in [3.63, 3.8) is 0 Å². The summed E-state index contributed by atoms with van der Waals surface area (Å²) in [5.41, 5.74) is 5.60. The van der Waals surface area contributed by atoms with Crippen LogP contribution in [0.5, 0.6) is 23.0 Å². The van der Waals surface area contributed by atoms with Crippen molar-refractivity contribution in [2.45, 2.75) is 372 Å². The predicted molar refractivity (Wildman–Crippen MR) is 480 cm³/mol. The molecule has 0 amide bonds. The number of aromatic amines is 2. The van der Waals surface area contributed by atoms with Crippen molar-refractivity contribution >= 4 is 45.1 Å². The molecule has 112 heavy (non-hydrogen) atoms. The number of hydrogen-bond donors (Lipinski definition) is 2. The van der Waals surface area contributed by atoms with E-state index in [4.69, 9.17) is 47.9 Å². The van der Waals surface area contributed by atoms with Gasteiger partial charge in [-0.15, -0.1) is 0 Å². The minimum absolute atomic E-state index is 0.466. The monoisotopic (exact) mass is 1560 g/mol. The second-order valence-electron chi connectivity index (χ2n) is 39.4. The fourth-order valence-corrected chi connectivity index (χ4v) is 15.5. The molecule has 0 aromatic carbocycles. The first-order chi connectivity index (χ1) is 53.5. The molecule has 12 nitrogen and oxygen atoms in total. The average molecular weight is 1560 g/mol. The van der Waals surface area contributed by atoms with Crippen LogP contribution in [0.4, 0.5) is 0 Å². The minimum atomic E-state index is 0.466. The lowest BCUT2D eigenvalue weighted by molar-refractivity contribution is 0.216. The van der Waals surface area contributed by atoms with E-state index in [0.29, 0.717) is 216 Å². The third-order valence-corrected chi connectivity index (χ3v) is 23.6. The van der Waals surface area contributed by atoms with Gasteiger partial charge in [-0.1, -0.05) is 320 Å². The Bertz CT molecular complexity index is 3050. The first-order valence-corrected chi connectivity index (χ1v) is 46.8. The summed E-state index contributed by atoms with van der Waals surface area (Å²) in [6, 6.07) is 8.59. The third-order valence-electron chi connectivity index (χ3n) is 23.6. The smallest absolute Gasteiger partial charge is 0.189 e. The molecular weight excluding hydrogens is 1390 g/mol. The lowest BCUT2D eigenvalue weighted by Crippen LogP contribution is -2.08. The quantitative estimate of drug-likeness (QED) is 0.0563. The Balaban J connectivity index is 2.01. The number of nitrogens with zero attached hydrogens (tertiary/aromatic N) is 2. The van der Waals surface area contributed by atoms with E-state index in [1.165, 1.54) is 103 Å². The molecule has 0 spiro atoms. The van der Waals surface area contributed by atoms with Crippen molar-refractivity contribution in [3.8, 4) is 23.0 Å². The zero-order valence-corrected chi connectivity index (χ0v) is 77.0. The molecule has 0 saturated heterocycles.